The minimum absolute atomic E-state index is 0.198. The molecule has 2 rings (SSSR count). The van der Waals surface area contributed by atoms with Gasteiger partial charge in [0.2, 0.25) is 0 Å². The Morgan fingerprint density at radius 2 is 1.95 bits per heavy atom. The summed E-state index contributed by atoms with van der Waals surface area (Å²) in [5.41, 5.74) is 0. The summed E-state index contributed by atoms with van der Waals surface area (Å²) in [4.78, 5) is 11.3. The van der Waals surface area contributed by atoms with Gasteiger partial charge in [-0.1, -0.05) is 32.6 Å². The Kier molecular flexibility index (Phi) is 7.08. The van der Waals surface area contributed by atoms with Gasteiger partial charge >= 0.3 is 5.97 Å². The van der Waals surface area contributed by atoms with E-state index in [0.29, 0.717) is 6.61 Å². The number of fused-ring (bicyclic) bond motifs is 1. The number of carbonyl (C=O) groups excluding carboxylic acids is 1. The molecule has 2 fully saturated rings. The molecule has 22 heavy (non-hydrogen) atoms. The maximum absolute atomic E-state index is 11.3. The van der Waals surface area contributed by atoms with E-state index in [2.05, 4.69) is 6.92 Å². The third-order valence-electron chi connectivity index (χ3n) is 4.10. The van der Waals surface area contributed by atoms with Crippen molar-refractivity contribution < 1.29 is 28.5 Å². The number of hydrogen-bond donors (Lipinski definition) is 0. The van der Waals surface area contributed by atoms with E-state index >= 15 is 0 Å². The Morgan fingerprint density at radius 1 is 1.18 bits per heavy atom. The van der Waals surface area contributed by atoms with Crippen LogP contribution in [-0.2, 0) is 28.5 Å². The Morgan fingerprint density at radius 3 is 2.64 bits per heavy atom. The number of esters is 1. The average molecular weight is 316 g/mol. The minimum Gasteiger partial charge on any atom is -0.454 e. The standard InChI is InChI=1S/C16H28O6/c1-4-5-6-7-8-9-13-21-12-10-19-16(18-3)15(14(12)22-13)20-11(2)17/h12-16H,4-10H2,1-3H3. The van der Waals surface area contributed by atoms with Gasteiger partial charge in [0, 0.05) is 14.0 Å². The second-order valence-electron chi connectivity index (χ2n) is 5.92. The van der Waals surface area contributed by atoms with E-state index in [-0.39, 0.29) is 24.5 Å². The molecule has 2 saturated heterocycles. The van der Waals surface area contributed by atoms with Gasteiger partial charge in [-0.25, -0.2) is 0 Å². The van der Waals surface area contributed by atoms with Crippen molar-refractivity contribution >= 4 is 5.97 Å². The van der Waals surface area contributed by atoms with Gasteiger partial charge in [-0.15, -0.1) is 0 Å². The highest BCUT2D eigenvalue weighted by Crippen LogP contribution is 2.32. The fraction of sp³-hybridized carbons (Fsp3) is 0.938. The molecule has 0 aromatic carbocycles. The molecule has 2 aliphatic heterocycles. The average Bonchev–Trinajstić information content (AvgIpc) is 2.90. The first-order valence-corrected chi connectivity index (χ1v) is 8.28. The number of carbonyl (C=O) groups is 1. The summed E-state index contributed by atoms with van der Waals surface area (Å²) in [6.45, 7) is 3.97. The number of rotatable bonds is 8. The first kappa shape index (κ1) is 17.7. The monoisotopic (exact) mass is 316 g/mol. The maximum atomic E-state index is 11.3. The van der Waals surface area contributed by atoms with Crippen molar-refractivity contribution in [3.63, 3.8) is 0 Å². The van der Waals surface area contributed by atoms with Crippen molar-refractivity contribution in [1.82, 2.24) is 0 Å². The molecule has 0 radical (unpaired) electrons. The van der Waals surface area contributed by atoms with E-state index < -0.39 is 12.4 Å². The zero-order chi connectivity index (χ0) is 15.9. The summed E-state index contributed by atoms with van der Waals surface area (Å²) in [5.74, 6) is -0.372. The van der Waals surface area contributed by atoms with Crippen LogP contribution >= 0.6 is 0 Å². The van der Waals surface area contributed by atoms with E-state index in [9.17, 15) is 4.79 Å². The van der Waals surface area contributed by atoms with E-state index in [1.54, 1.807) is 0 Å². The molecule has 5 atom stereocenters. The summed E-state index contributed by atoms with van der Waals surface area (Å²) in [6.07, 6.45) is 4.96. The first-order chi connectivity index (χ1) is 10.7. The predicted octanol–water partition coefficient (Wildman–Crippen LogP) is 2.39. The zero-order valence-corrected chi connectivity index (χ0v) is 13.8. The number of ether oxygens (including phenoxy) is 5. The molecule has 0 amide bonds. The minimum atomic E-state index is -0.600. The molecule has 0 aromatic rings. The number of methoxy groups -OCH3 is 1. The molecule has 6 heteroatoms. The van der Waals surface area contributed by atoms with Crippen molar-refractivity contribution in [1.29, 1.82) is 0 Å². The van der Waals surface area contributed by atoms with Crippen LogP contribution in [0.2, 0.25) is 0 Å². The molecule has 0 spiro atoms. The van der Waals surface area contributed by atoms with Gasteiger partial charge < -0.3 is 23.7 Å². The lowest BCUT2D eigenvalue weighted by atomic mass is 10.1. The molecule has 0 N–H and O–H groups in total. The summed E-state index contributed by atoms with van der Waals surface area (Å²) in [5, 5.41) is 0. The molecule has 0 aliphatic carbocycles. The van der Waals surface area contributed by atoms with Crippen molar-refractivity contribution in [3.05, 3.63) is 0 Å². The Bertz CT molecular complexity index is 348. The van der Waals surface area contributed by atoms with Crippen LogP contribution in [0.4, 0.5) is 0 Å². The molecule has 2 aliphatic rings. The van der Waals surface area contributed by atoms with Crippen molar-refractivity contribution in [2.75, 3.05) is 13.7 Å². The van der Waals surface area contributed by atoms with Gasteiger partial charge in [-0.2, -0.15) is 0 Å². The molecular formula is C16H28O6. The summed E-state index contributed by atoms with van der Waals surface area (Å²) < 4.78 is 28.0. The fourth-order valence-electron chi connectivity index (χ4n) is 3.00. The lowest BCUT2D eigenvalue weighted by molar-refractivity contribution is -0.249. The zero-order valence-electron chi connectivity index (χ0n) is 13.8. The number of hydrogen-bond acceptors (Lipinski definition) is 6. The molecule has 0 saturated carbocycles. The predicted molar refractivity (Wildman–Crippen MR) is 79.2 cm³/mol. The molecule has 5 unspecified atom stereocenters. The van der Waals surface area contributed by atoms with Crippen LogP contribution in [0.1, 0.15) is 52.4 Å². The molecular weight excluding hydrogens is 288 g/mol. The lowest BCUT2D eigenvalue weighted by Gasteiger charge is -2.35. The van der Waals surface area contributed by atoms with Crippen molar-refractivity contribution in [2.45, 2.75) is 83.3 Å². The van der Waals surface area contributed by atoms with Crippen molar-refractivity contribution in [2.24, 2.45) is 0 Å². The smallest absolute Gasteiger partial charge is 0.303 e. The maximum Gasteiger partial charge on any atom is 0.303 e. The largest absolute Gasteiger partial charge is 0.454 e. The Labute approximate surface area is 132 Å². The molecule has 6 nitrogen and oxygen atoms in total. The van der Waals surface area contributed by atoms with Crippen LogP contribution < -0.4 is 0 Å². The fourth-order valence-corrected chi connectivity index (χ4v) is 3.00. The van der Waals surface area contributed by atoms with Crippen LogP contribution in [-0.4, -0.2) is 50.6 Å². The highest BCUT2D eigenvalue weighted by Gasteiger charge is 2.50. The van der Waals surface area contributed by atoms with Gasteiger partial charge in [0.15, 0.2) is 18.7 Å². The third kappa shape index (κ3) is 4.65. The normalized spacial score (nSPS) is 34.4. The van der Waals surface area contributed by atoms with E-state index in [0.717, 1.165) is 12.8 Å². The van der Waals surface area contributed by atoms with Gasteiger partial charge in [-0.05, 0) is 12.8 Å². The Hall–Kier alpha value is -0.690. The van der Waals surface area contributed by atoms with E-state index in [1.807, 2.05) is 0 Å². The van der Waals surface area contributed by atoms with Gasteiger partial charge in [0.1, 0.15) is 12.2 Å². The van der Waals surface area contributed by atoms with Crippen LogP contribution in [0.3, 0.4) is 0 Å². The van der Waals surface area contributed by atoms with Crippen LogP contribution in [0.25, 0.3) is 0 Å². The quantitative estimate of drug-likeness (QED) is 0.506. The lowest BCUT2D eigenvalue weighted by Crippen LogP contribution is -2.53. The highest BCUT2D eigenvalue weighted by atomic mass is 16.8. The molecule has 0 bridgehead atoms. The van der Waals surface area contributed by atoms with E-state index in [4.69, 9.17) is 23.7 Å². The van der Waals surface area contributed by atoms with Crippen LogP contribution in [0, 0.1) is 0 Å². The SMILES string of the molecule is CCCCCCCC1OC2COC(OC)C(OC(C)=O)C2O1. The second-order valence-corrected chi connectivity index (χ2v) is 5.92. The van der Waals surface area contributed by atoms with Gasteiger partial charge in [-0.3, -0.25) is 4.79 Å². The topological polar surface area (TPSA) is 63.2 Å². The third-order valence-corrected chi connectivity index (χ3v) is 4.10. The molecule has 128 valence electrons. The van der Waals surface area contributed by atoms with Crippen LogP contribution in [0.15, 0.2) is 0 Å². The van der Waals surface area contributed by atoms with Crippen molar-refractivity contribution in [3.8, 4) is 0 Å². The molecule has 0 aromatic heterocycles. The second kappa shape index (κ2) is 8.82. The van der Waals surface area contributed by atoms with Gasteiger partial charge in [0.05, 0.1) is 6.61 Å². The molecule has 2 heterocycles. The summed E-state index contributed by atoms with van der Waals surface area (Å²) in [6, 6.07) is 0. The van der Waals surface area contributed by atoms with Gasteiger partial charge in [0.25, 0.3) is 0 Å². The Balaban J connectivity index is 1.83. The summed E-state index contributed by atoms with van der Waals surface area (Å²) >= 11 is 0. The summed E-state index contributed by atoms with van der Waals surface area (Å²) in [7, 11) is 1.53. The highest BCUT2D eigenvalue weighted by molar-refractivity contribution is 5.66. The number of unbranched alkanes of at least 4 members (excludes halogenated alkanes) is 4. The first-order valence-electron chi connectivity index (χ1n) is 8.28. The van der Waals surface area contributed by atoms with E-state index in [1.165, 1.54) is 39.7 Å². The van der Waals surface area contributed by atoms with Crippen LogP contribution in [0.5, 0.6) is 0 Å².